The van der Waals surface area contributed by atoms with Gasteiger partial charge in [-0.25, -0.2) is 22.3 Å². The average Bonchev–Trinajstić information content (AvgIpc) is 3.11. The van der Waals surface area contributed by atoms with Crippen molar-refractivity contribution in [3.8, 4) is 0 Å². The molecule has 2 saturated carbocycles. The van der Waals surface area contributed by atoms with Crippen molar-refractivity contribution in [3.63, 3.8) is 0 Å². The van der Waals surface area contributed by atoms with E-state index in [9.17, 15) is 22.0 Å². The summed E-state index contributed by atoms with van der Waals surface area (Å²) in [5.74, 6) is -3.78. The molecule has 3 N–H and O–H groups in total. The summed E-state index contributed by atoms with van der Waals surface area (Å²) in [6.07, 6.45) is 1.27. The number of nitrogens with one attached hydrogen (secondary N) is 1. The summed E-state index contributed by atoms with van der Waals surface area (Å²) in [7, 11) is -3.78. The van der Waals surface area contributed by atoms with E-state index in [0.717, 1.165) is 5.56 Å². The van der Waals surface area contributed by atoms with Gasteiger partial charge >= 0.3 is 0 Å². The smallest absolute Gasteiger partial charge is 0.267 e. The van der Waals surface area contributed by atoms with Crippen LogP contribution in [0, 0.1) is 11.3 Å². The number of halogens is 2. The molecular weight excluding hydrogens is 362 g/mol. The fourth-order valence-electron chi connectivity index (χ4n) is 4.15. The lowest BCUT2D eigenvalue weighted by Gasteiger charge is -2.32. The Kier molecular flexibility index (Phi) is 4.63. The van der Waals surface area contributed by atoms with Gasteiger partial charge in [0.1, 0.15) is 0 Å². The lowest BCUT2D eigenvalue weighted by atomic mass is 9.91. The van der Waals surface area contributed by atoms with Crippen LogP contribution < -0.4 is 10.5 Å². The second-order valence-electron chi connectivity index (χ2n) is 7.96. The molecule has 1 aromatic carbocycles. The SMILES string of the molecule is CC1(C)[C@@H](C(=O)NC2CCCCC2(F)F)[C@@H]1c1ccc(S(N)(=O)=O)cc1. The summed E-state index contributed by atoms with van der Waals surface area (Å²) in [6.45, 7) is 3.82. The van der Waals surface area contributed by atoms with Crippen molar-refractivity contribution in [3.05, 3.63) is 29.8 Å². The highest BCUT2D eigenvalue weighted by Crippen LogP contribution is 2.64. The number of benzene rings is 1. The molecule has 2 fully saturated rings. The Morgan fingerprint density at radius 1 is 1.19 bits per heavy atom. The molecule has 0 bridgehead atoms. The standard InChI is InChI=1S/C18H24F2N2O3S/c1-17(2)14(11-6-8-12(9-7-11)26(21,24)25)15(17)16(23)22-13-5-3-4-10-18(13,19)20/h6-9,13-15H,3-5,10H2,1-2H3,(H,22,23)(H2,21,24,25)/t13?,14-,15+/m0/s1. The monoisotopic (exact) mass is 386 g/mol. The second-order valence-corrected chi connectivity index (χ2v) is 9.52. The highest BCUT2D eigenvalue weighted by molar-refractivity contribution is 7.89. The van der Waals surface area contributed by atoms with Crippen molar-refractivity contribution in [2.24, 2.45) is 16.5 Å². The normalized spacial score (nSPS) is 29.8. The van der Waals surface area contributed by atoms with E-state index in [2.05, 4.69) is 5.32 Å². The molecule has 5 nitrogen and oxygen atoms in total. The Bertz CT molecular complexity index is 806. The van der Waals surface area contributed by atoms with E-state index in [-0.39, 0.29) is 28.6 Å². The first kappa shape index (κ1) is 19.2. The predicted molar refractivity (Wildman–Crippen MR) is 93.2 cm³/mol. The van der Waals surface area contributed by atoms with Gasteiger partial charge in [-0.05, 0) is 36.0 Å². The van der Waals surface area contributed by atoms with Gasteiger partial charge in [0.25, 0.3) is 5.92 Å². The number of hydrogen-bond acceptors (Lipinski definition) is 3. The molecule has 0 aliphatic heterocycles. The minimum atomic E-state index is -3.78. The molecule has 8 heteroatoms. The molecule has 144 valence electrons. The minimum Gasteiger partial charge on any atom is -0.347 e. The minimum absolute atomic E-state index is 0.00237. The number of nitrogens with two attached hydrogens (primary N) is 1. The second kappa shape index (κ2) is 6.27. The zero-order chi connectivity index (χ0) is 19.3. The van der Waals surface area contributed by atoms with Crippen LogP contribution in [0.25, 0.3) is 0 Å². The van der Waals surface area contributed by atoms with Gasteiger partial charge in [-0.2, -0.15) is 0 Å². The average molecular weight is 386 g/mol. The molecule has 3 rings (SSSR count). The molecule has 0 spiro atoms. The molecule has 0 radical (unpaired) electrons. The number of carbonyl (C=O) groups is 1. The Morgan fingerprint density at radius 2 is 1.81 bits per heavy atom. The molecule has 0 heterocycles. The fourth-order valence-corrected chi connectivity index (χ4v) is 4.66. The fraction of sp³-hybridized carbons (Fsp3) is 0.611. The molecule has 1 aromatic rings. The van der Waals surface area contributed by atoms with E-state index in [1.807, 2.05) is 13.8 Å². The van der Waals surface area contributed by atoms with E-state index in [0.29, 0.717) is 19.3 Å². The molecule has 1 unspecified atom stereocenters. The Hall–Kier alpha value is -1.54. The quantitative estimate of drug-likeness (QED) is 0.834. The van der Waals surface area contributed by atoms with E-state index in [4.69, 9.17) is 5.14 Å². The van der Waals surface area contributed by atoms with Crippen LogP contribution in [0.5, 0.6) is 0 Å². The zero-order valence-electron chi connectivity index (χ0n) is 14.8. The molecule has 26 heavy (non-hydrogen) atoms. The number of rotatable bonds is 4. The maximum absolute atomic E-state index is 14.0. The van der Waals surface area contributed by atoms with Crippen LogP contribution in [-0.4, -0.2) is 26.3 Å². The predicted octanol–water partition coefficient (Wildman–Crippen LogP) is 2.77. The van der Waals surface area contributed by atoms with Gasteiger partial charge in [0.05, 0.1) is 16.9 Å². The van der Waals surface area contributed by atoms with E-state index >= 15 is 0 Å². The van der Waals surface area contributed by atoms with Gasteiger partial charge in [-0.3, -0.25) is 4.79 Å². The number of sulfonamides is 1. The lowest BCUT2D eigenvalue weighted by Crippen LogP contribution is -2.50. The van der Waals surface area contributed by atoms with Gasteiger partial charge in [-0.15, -0.1) is 0 Å². The van der Waals surface area contributed by atoms with Crippen molar-refractivity contribution < 1.29 is 22.0 Å². The Morgan fingerprint density at radius 3 is 2.35 bits per heavy atom. The maximum atomic E-state index is 14.0. The zero-order valence-corrected chi connectivity index (χ0v) is 15.7. The Balaban J connectivity index is 1.74. The van der Waals surface area contributed by atoms with Crippen LogP contribution in [0.15, 0.2) is 29.2 Å². The van der Waals surface area contributed by atoms with Crippen LogP contribution in [0.2, 0.25) is 0 Å². The molecule has 2 aliphatic carbocycles. The molecule has 2 aliphatic rings. The first-order valence-corrected chi connectivity index (χ1v) is 10.3. The summed E-state index contributed by atoms with van der Waals surface area (Å²) in [5, 5.41) is 7.65. The molecular formula is C18H24F2N2O3S. The highest BCUT2D eigenvalue weighted by atomic mass is 32.2. The van der Waals surface area contributed by atoms with Crippen molar-refractivity contribution >= 4 is 15.9 Å². The lowest BCUT2D eigenvalue weighted by molar-refractivity contribution is -0.129. The van der Waals surface area contributed by atoms with E-state index in [1.165, 1.54) is 12.1 Å². The summed E-state index contributed by atoms with van der Waals surface area (Å²) >= 11 is 0. The van der Waals surface area contributed by atoms with Gasteiger partial charge in [0, 0.05) is 12.3 Å². The Labute approximate surface area is 152 Å². The molecule has 0 aromatic heterocycles. The van der Waals surface area contributed by atoms with Crippen molar-refractivity contribution in [1.29, 1.82) is 0 Å². The van der Waals surface area contributed by atoms with Crippen molar-refractivity contribution in [1.82, 2.24) is 5.32 Å². The maximum Gasteiger partial charge on any atom is 0.267 e. The summed E-state index contributed by atoms with van der Waals surface area (Å²) in [6, 6.07) is 4.97. The third-order valence-electron chi connectivity index (χ3n) is 5.76. The van der Waals surface area contributed by atoms with Gasteiger partial charge in [0.2, 0.25) is 15.9 Å². The number of amides is 1. The van der Waals surface area contributed by atoms with Crippen molar-refractivity contribution in [2.75, 3.05) is 0 Å². The first-order chi connectivity index (χ1) is 11.9. The third kappa shape index (κ3) is 3.49. The number of hydrogen-bond donors (Lipinski definition) is 2. The number of carbonyl (C=O) groups excluding carboxylic acids is 1. The topological polar surface area (TPSA) is 89.3 Å². The molecule has 0 saturated heterocycles. The van der Waals surface area contributed by atoms with E-state index in [1.54, 1.807) is 12.1 Å². The summed E-state index contributed by atoms with van der Waals surface area (Å²) < 4.78 is 50.7. The van der Waals surface area contributed by atoms with Gasteiger partial charge in [-0.1, -0.05) is 32.4 Å². The number of primary sulfonamides is 1. The third-order valence-corrected chi connectivity index (χ3v) is 6.69. The van der Waals surface area contributed by atoms with Crippen molar-refractivity contribution in [2.45, 2.75) is 62.3 Å². The molecule has 1 amide bonds. The number of alkyl halides is 2. The van der Waals surface area contributed by atoms with Crippen LogP contribution in [-0.2, 0) is 14.8 Å². The van der Waals surface area contributed by atoms with Crippen LogP contribution in [0.4, 0.5) is 8.78 Å². The highest BCUT2D eigenvalue weighted by Gasteiger charge is 2.62. The summed E-state index contributed by atoms with van der Waals surface area (Å²) in [4.78, 5) is 12.6. The summed E-state index contributed by atoms with van der Waals surface area (Å²) in [5.41, 5.74) is 0.426. The van der Waals surface area contributed by atoms with Crippen LogP contribution in [0.1, 0.15) is 51.0 Å². The molecule has 3 atom stereocenters. The first-order valence-electron chi connectivity index (χ1n) is 8.75. The van der Waals surface area contributed by atoms with Crippen LogP contribution >= 0.6 is 0 Å². The van der Waals surface area contributed by atoms with Gasteiger partial charge in [0.15, 0.2) is 0 Å². The van der Waals surface area contributed by atoms with E-state index < -0.39 is 27.9 Å². The van der Waals surface area contributed by atoms with Crippen LogP contribution in [0.3, 0.4) is 0 Å². The largest absolute Gasteiger partial charge is 0.347 e. The van der Waals surface area contributed by atoms with Gasteiger partial charge < -0.3 is 5.32 Å².